The quantitative estimate of drug-likeness (QED) is 0.720. The van der Waals surface area contributed by atoms with E-state index >= 15 is 0 Å². The van der Waals surface area contributed by atoms with Gasteiger partial charge in [0, 0.05) is 11.3 Å². The largest absolute Gasteiger partial charge is 0.293 e. The van der Waals surface area contributed by atoms with Crippen molar-refractivity contribution < 1.29 is 0 Å². The smallest absolute Gasteiger partial charge is 0.0912 e. The number of aryl methyl sites for hydroxylation is 1. The second-order valence-corrected chi connectivity index (χ2v) is 6.56. The summed E-state index contributed by atoms with van der Waals surface area (Å²) in [6.45, 7) is 4.60. The number of hydrogen-bond acceptors (Lipinski definition) is 2. The first-order valence-corrected chi connectivity index (χ1v) is 6.62. The van der Waals surface area contributed by atoms with Crippen LogP contribution >= 0.6 is 11.8 Å². The van der Waals surface area contributed by atoms with Gasteiger partial charge >= 0.3 is 0 Å². The lowest BCUT2D eigenvalue weighted by Crippen LogP contribution is -2.44. The van der Waals surface area contributed by atoms with Crippen LogP contribution in [0, 0.1) is 0 Å². The van der Waals surface area contributed by atoms with Gasteiger partial charge in [0.1, 0.15) is 0 Å². The minimum atomic E-state index is 0.222. The molecule has 1 heterocycles. The van der Waals surface area contributed by atoms with Crippen LogP contribution in [0.25, 0.3) is 0 Å². The number of thioether (sulfide) groups is 1. The zero-order valence-corrected chi connectivity index (χ0v) is 10.2. The monoisotopic (exact) mass is 219 g/mol. The van der Waals surface area contributed by atoms with E-state index in [-0.39, 0.29) is 10.4 Å². The highest BCUT2D eigenvalue weighted by molar-refractivity contribution is 8.00. The Bertz CT molecular complexity index is 399. The molecule has 1 N–H and O–H groups in total. The van der Waals surface area contributed by atoms with E-state index in [1.165, 1.54) is 29.7 Å². The topological polar surface area (TPSA) is 12.0 Å². The minimum absolute atomic E-state index is 0.222. The third kappa shape index (κ3) is 1.42. The van der Waals surface area contributed by atoms with Crippen LogP contribution in [0.5, 0.6) is 0 Å². The van der Waals surface area contributed by atoms with Crippen molar-refractivity contribution in [1.29, 1.82) is 0 Å². The molecule has 0 amide bonds. The summed E-state index contributed by atoms with van der Waals surface area (Å²) in [5.74, 6) is 1.21. The second-order valence-electron chi connectivity index (χ2n) is 5.28. The average Bonchev–Trinajstić information content (AvgIpc) is 2.71. The second kappa shape index (κ2) is 3.02. The van der Waals surface area contributed by atoms with Crippen LogP contribution in [0.2, 0.25) is 0 Å². The molecule has 1 aliphatic carbocycles. The van der Waals surface area contributed by atoms with Crippen molar-refractivity contribution in [1.82, 2.24) is 5.32 Å². The van der Waals surface area contributed by atoms with E-state index in [1.54, 1.807) is 0 Å². The molecule has 1 aromatic rings. The molecule has 0 radical (unpaired) electrons. The molecule has 1 aliphatic heterocycles. The Labute approximate surface area is 95.6 Å². The average molecular weight is 219 g/mol. The lowest BCUT2D eigenvalue weighted by atomic mass is 10.0. The number of nitrogens with one attached hydrogen (secondary N) is 1. The van der Waals surface area contributed by atoms with Gasteiger partial charge in [-0.3, -0.25) is 5.32 Å². The molecule has 3 rings (SSSR count). The van der Waals surface area contributed by atoms with Gasteiger partial charge in [0.15, 0.2) is 0 Å². The molecule has 0 saturated carbocycles. The summed E-state index contributed by atoms with van der Waals surface area (Å²) in [5.41, 5.74) is 3.35. The number of hydrogen-bond donors (Lipinski definition) is 1. The summed E-state index contributed by atoms with van der Waals surface area (Å²) in [6.07, 6.45) is 2.48. The SMILES string of the molecule is CC1(C)CSC2(CCc3ccccc32)N1. The molecule has 0 aromatic heterocycles. The minimum Gasteiger partial charge on any atom is -0.293 e. The van der Waals surface area contributed by atoms with Crippen LogP contribution in [0.4, 0.5) is 0 Å². The van der Waals surface area contributed by atoms with Gasteiger partial charge in [-0.25, -0.2) is 0 Å². The predicted octanol–water partition coefficient (Wildman–Crippen LogP) is 2.90. The van der Waals surface area contributed by atoms with Gasteiger partial charge in [-0.15, -0.1) is 11.8 Å². The Kier molecular flexibility index (Phi) is 1.96. The van der Waals surface area contributed by atoms with Gasteiger partial charge in [-0.2, -0.15) is 0 Å². The number of rotatable bonds is 0. The highest BCUT2D eigenvalue weighted by atomic mass is 32.2. The molecule has 2 aliphatic rings. The van der Waals surface area contributed by atoms with Gasteiger partial charge in [-0.05, 0) is 37.8 Å². The van der Waals surface area contributed by atoms with Crippen molar-refractivity contribution in [2.45, 2.75) is 37.1 Å². The summed E-state index contributed by atoms with van der Waals surface area (Å²) >= 11 is 2.09. The molecule has 1 saturated heterocycles. The van der Waals surface area contributed by atoms with Gasteiger partial charge in [0.2, 0.25) is 0 Å². The van der Waals surface area contributed by atoms with E-state index in [9.17, 15) is 0 Å². The molecular formula is C13H17NS. The molecule has 1 aromatic carbocycles. The lowest BCUT2D eigenvalue weighted by molar-refractivity contribution is 0.368. The van der Waals surface area contributed by atoms with Crippen LogP contribution in [-0.2, 0) is 11.3 Å². The van der Waals surface area contributed by atoms with Crippen molar-refractivity contribution in [3.63, 3.8) is 0 Å². The summed E-state index contributed by atoms with van der Waals surface area (Å²) in [6, 6.07) is 8.89. The van der Waals surface area contributed by atoms with Crippen LogP contribution < -0.4 is 5.32 Å². The van der Waals surface area contributed by atoms with E-state index in [0.29, 0.717) is 0 Å². The third-order valence-electron chi connectivity index (χ3n) is 3.42. The molecule has 1 fully saturated rings. The van der Waals surface area contributed by atoms with Crippen molar-refractivity contribution in [3.8, 4) is 0 Å². The fourth-order valence-corrected chi connectivity index (χ4v) is 4.41. The third-order valence-corrected chi connectivity index (χ3v) is 5.30. The van der Waals surface area contributed by atoms with E-state index in [4.69, 9.17) is 0 Å². The summed E-state index contributed by atoms with van der Waals surface area (Å²) in [5, 5.41) is 3.82. The fourth-order valence-electron chi connectivity index (χ4n) is 2.78. The van der Waals surface area contributed by atoms with E-state index < -0.39 is 0 Å². The summed E-state index contributed by atoms with van der Waals surface area (Å²) in [7, 11) is 0. The Balaban J connectivity index is 2.04. The predicted molar refractivity (Wildman–Crippen MR) is 66.1 cm³/mol. The first kappa shape index (κ1) is 9.73. The molecule has 2 heteroatoms. The molecule has 1 spiro atoms. The molecule has 1 atom stereocenters. The standard InChI is InChI=1S/C13H17NS/c1-12(2)9-15-13(14-12)8-7-10-5-3-4-6-11(10)13/h3-6,14H,7-9H2,1-2H3. The van der Waals surface area contributed by atoms with Crippen molar-refractivity contribution >= 4 is 11.8 Å². The maximum absolute atomic E-state index is 3.82. The molecule has 80 valence electrons. The maximum Gasteiger partial charge on any atom is 0.0912 e. The van der Waals surface area contributed by atoms with E-state index in [0.717, 1.165) is 0 Å². The molecule has 1 nitrogen and oxygen atoms in total. The lowest BCUT2D eigenvalue weighted by Gasteiger charge is -2.28. The highest BCUT2D eigenvalue weighted by Crippen LogP contribution is 2.50. The van der Waals surface area contributed by atoms with E-state index in [2.05, 4.69) is 55.2 Å². The first-order valence-electron chi connectivity index (χ1n) is 5.63. The molecule has 0 bridgehead atoms. The molecule has 15 heavy (non-hydrogen) atoms. The van der Waals surface area contributed by atoms with Gasteiger partial charge < -0.3 is 0 Å². The van der Waals surface area contributed by atoms with Gasteiger partial charge in [0.25, 0.3) is 0 Å². The highest BCUT2D eigenvalue weighted by Gasteiger charge is 2.47. The van der Waals surface area contributed by atoms with Gasteiger partial charge in [-0.1, -0.05) is 24.3 Å². The zero-order chi connectivity index (χ0) is 10.5. The Morgan fingerprint density at radius 3 is 2.80 bits per heavy atom. The Morgan fingerprint density at radius 2 is 2.07 bits per heavy atom. The van der Waals surface area contributed by atoms with E-state index in [1.807, 2.05) is 0 Å². The van der Waals surface area contributed by atoms with Crippen LogP contribution in [0.3, 0.4) is 0 Å². The van der Waals surface area contributed by atoms with Crippen LogP contribution in [-0.4, -0.2) is 11.3 Å². The normalized spacial score (nSPS) is 32.1. The summed E-state index contributed by atoms with van der Waals surface area (Å²) in [4.78, 5) is 0.222. The first-order chi connectivity index (χ1) is 7.11. The number of fused-ring (bicyclic) bond motifs is 2. The van der Waals surface area contributed by atoms with Crippen molar-refractivity contribution in [2.24, 2.45) is 0 Å². The Morgan fingerprint density at radius 1 is 1.27 bits per heavy atom. The summed E-state index contributed by atoms with van der Waals surface area (Å²) < 4.78 is 0. The fraction of sp³-hybridized carbons (Fsp3) is 0.538. The van der Waals surface area contributed by atoms with Gasteiger partial charge in [0.05, 0.1) is 4.87 Å². The maximum atomic E-state index is 3.82. The zero-order valence-electron chi connectivity index (χ0n) is 9.34. The van der Waals surface area contributed by atoms with Crippen LogP contribution in [0.1, 0.15) is 31.4 Å². The van der Waals surface area contributed by atoms with Crippen molar-refractivity contribution in [3.05, 3.63) is 35.4 Å². The molecule has 1 unspecified atom stereocenters. The molecular weight excluding hydrogens is 202 g/mol. The van der Waals surface area contributed by atoms with Crippen LogP contribution in [0.15, 0.2) is 24.3 Å². The van der Waals surface area contributed by atoms with Crippen molar-refractivity contribution in [2.75, 3.05) is 5.75 Å². The number of benzene rings is 1. The Hall–Kier alpha value is -0.470.